The van der Waals surface area contributed by atoms with Crippen molar-refractivity contribution in [2.75, 3.05) is 20.8 Å². The molecule has 1 N–H and O–H groups in total. The van der Waals surface area contributed by atoms with Gasteiger partial charge in [0.25, 0.3) is 5.91 Å². The first-order valence-electron chi connectivity index (χ1n) is 9.70. The van der Waals surface area contributed by atoms with Crippen LogP contribution in [0.2, 0.25) is 0 Å². The van der Waals surface area contributed by atoms with Crippen molar-refractivity contribution in [3.63, 3.8) is 0 Å². The SMILES string of the molecule is COc1ccc(CCNC(=O)c2ccc(CS(=O)(=O)c3ccccc3C)o2)cc1OC. The van der Waals surface area contributed by atoms with Crippen LogP contribution in [0.4, 0.5) is 0 Å². The molecule has 7 nitrogen and oxygen atoms in total. The first-order chi connectivity index (χ1) is 14.8. The first-order valence-corrected chi connectivity index (χ1v) is 11.4. The maximum Gasteiger partial charge on any atom is 0.287 e. The van der Waals surface area contributed by atoms with Gasteiger partial charge in [-0.3, -0.25) is 4.79 Å². The van der Waals surface area contributed by atoms with Crippen molar-refractivity contribution in [2.24, 2.45) is 0 Å². The minimum Gasteiger partial charge on any atom is -0.493 e. The van der Waals surface area contributed by atoms with Crippen LogP contribution in [-0.2, 0) is 22.0 Å². The first kappa shape index (κ1) is 22.4. The number of hydrogen-bond donors (Lipinski definition) is 1. The molecule has 0 radical (unpaired) electrons. The van der Waals surface area contributed by atoms with Gasteiger partial charge in [0.15, 0.2) is 27.1 Å². The summed E-state index contributed by atoms with van der Waals surface area (Å²) in [4.78, 5) is 12.6. The summed E-state index contributed by atoms with van der Waals surface area (Å²) in [6.07, 6.45) is 0.585. The van der Waals surface area contributed by atoms with E-state index in [1.807, 2.05) is 18.2 Å². The summed E-state index contributed by atoms with van der Waals surface area (Å²) in [5, 5.41) is 2.78. The lowest BCUT2D eigenvalue weighted by molar-refractivity contribution is 0.0925. The summed E-state index contributed by atoms with van der Waals surface area (Å²) in [5.41, 5.74) is 1.64. The average Bonchev–Trinajstić information content (AvgIpc) is 3.21. The fourth-order valence-electron chi connectivity index (χ4n) is 3.19. The zero-order valence-corrected chi connectivity index (χ0v) is 18.5. The van der Waals surface area contributed by atoms with Crippen molar-refractivity contribution < 1.29 is 27.1 Å². The van der Waals surface area contributed by atoms with Crippen LogP contribution in [0.1, 0.15) is 27.4 Å². The lowest BCUT2D eigenvalue weighted by Crippen LogP contribution is -2.25. The number of furan rings is 1. The summed E-state index contributed by atoms with van der Waals surface area (Å²) < 4.78 is 41.3. The van der Waals surface area contributed by atoms with Crippen molar-refractivity contribution in [1.29, 1.82) is 0 Å². The van der Waals surface area contributed by atoms with Gasteiger partial charge in [-0.15, -0.1) is 0 Å². The van der Waals surface area contributed by atoms with Crippen molar-refractivity contribution in [2.45, 2.75) is 24.0 Å². The van der Waals surface area contributed by atoms with Gasteiger partial charge in [-0.05, 0) is 54.8 Å². The smallest absolute Gasteiger partial charge is 0.287 e. The second-order valence-corrected chi connectivity index (χ2v) is 8.94. The van der Waals surface area contributed by atoms with E-state index in [2.05, 4.69) is 5.32 Å². The summed E-state index contributed by atoms with van der Waals surface area (Å²) in [5.74, 6) is 0.836. The number of hydrogen-bond acceptors (Lipinski definition) is 6. The zero-order valence-electron chi connectivity index (χ0n) is 17.7. The summed E-state index contributed by atoms with van der Waals surface area (Å²) in [6.45, 7) is 2.12. The van der Waals surface area contributed by atoms with E-state index >= 15 is 0 Å². The molecule has 1 amide bonds. The third kappa shape index (κ3) is 5.46. The highest BCUT2D eigenvalue weighted by molar-refractivity contribution is 7.90. The highest BCUT2D eigenvalue weighted by Crippen LogP contribution is 2.27. The number of sulfone groups is 1. The molecule has 0 spiro atoms. The van der Waals surface area contributed by atoms with Crippen molar-refractivity contribution in [3.8, 4) is 11.5 Å². The minimum absolute atomic E-state index is 0.0716. The number of nitrogens with one attached hydrogen (secondary N) is 1. The Kier molecular flexibility index (Phi) is 7.02. The minimum atomic E-state index is -3.57. The second-order valence-electron chi connectivity index (χ2n) is 6.99. The van der Waals surface area contributed by atoms with Gasteiger partial charge in [0.05, 0.1) is 19.1 Å². The summed E-state index contributed by atoms with van der Waals surface area (Å²) >= 11 is 0. The monoisotopic (exact) mass is 443 g/mol. The van der Waals surface area contributed by atoms with Crippen LogP contribution < -0.4 is 14.8 Å². The zero-order chi connectivity index (χ0) is 22.4. The van der Waals surface area contributed by atoms with E-state index in [0.717, 1.165) is 5.56 Å². The Balaban J connectivity index is 1.59. The Bertz CT molecular complexity index is 1170. The number of aryl methyl sites for hydroxylation is 1. The molecule has 8 heteroatoms. The summed E-state index contributed by atoms with van der Waals surface area (Å²) in [7, 11) is -0.432. The molecule has 164 valence electrons. The standard InChI is InChI=1S/C23H25NO6S/c1-16-6-4-5-7-22(16)31(26,27)15-18-9-11-20(30-18)23(25)24-13-12-17-8-10-19(28-2)21(14-17)29-3/h4-11,14H,12-13,15H2,1-3H3,(H,24,25). The molecule has 0 unspecified atom stereocenters. The molecule has 0 fully saturated rings. The maximum absolute atomic E-state index is 12.6. The predicted octanol–water partition coefficient (Wildman–Crippen LogP) is 3.55. The van der Waals surface area contributed by atoms with Crippen molar-refractivity contribution in [3.05, 3.63) is 77.2 Å². The Morgan fingerprint density at radius 1 is 1.00 bits per heavy atom. The van der Waals surface area contributed by atoms with Gasteiger partial charge in [-0.1, -0.05) is 24.3 Å². The van der Waals surface area contributed by atoms with Crippen LogP contribution in [0.3, 0.4) is 0 Å². The lowest BCUT2D eigenvalue weighted by atomic mass is 10.1. The quantitative estimate of drug-likeness (QED) is 0.543. The van der Waals surface area contributed by atoms with Gasteiger partial charge >= 0.3 is 0 Å². The fourth-order valence-corrected chi connectivity index (χ4v) is 4.72. The van der Waals surface area contributed by atoms with E-state index in [0.29, 0.717) is 30.0 Å². The van der Waals surface area contributed by atoms with Crippen LogP contribution in [0.25, 0.3) is 0 Å². The topological polar surface area (TPSA) is 94.8 Å². The lowest BCUT2D eigenvalue weighted by Gasteiger charge is -2.10. The Labute approximate surface area is 181 Å². The van der Waals surface area contributed by atoms with Crippen LogP contribution >= 0.6 is 0 Å². The van der Waals surface area contributed by atoms with Gasteiger partial charge in [0.1, 0.15) is 11.5 Å². The van der Waals surface area contributed by atoms with Gasteiger partial charge < -0.3 is 19.2 Å². The van der Waals surface area contributed by atoms with Crippen LogP contribution in [0.15, 0.2) is 63.9 Å². The molecule has 31 heavy (non-hydrogen) atoms. The van der Waals surface area contributed by atoms with E-state index in [9.17, 15) is 13.2 Å². The average molecular weight is 444 g/mol. The molecule has 1 heterocycles. The molecule has 0 aliphatic rings. The number of carbonyl (C=O) groups is 1. The molecule has 0 bridgehead atoms. The maximum atomic E-state index is 12.6. The van der Waals surface area contributed by atoms with Crippen LogP contribution in [0.5, 0.6) is 11.5 Å². The van der Waals surface area contributed by atoms with Gasteiger partial charge in [-0.25, -0.2) is 8.42 Å². The molecule has 3 aromatic rings. The second kappa shape index (κ2) is 9.70. The van der Waals surface area contributed by atoms with E-state index in [-0.39, 0.29) is 22.2 Å². The van der Waals surface area contributed by atoms with E-state index < -0.39 is 15.7 Å². The largest absolute Gasteiger partial charge is 0.493 e. The Hall–Kier alpha value is -3.26. The fraction of sp³-hybridized carbons (Fsp3) is 0.261. The van der Waals surface area contributed by atoms with Crippen molar-refractivity contribution in [1.82, 2.24) is 5.32 Å². The number of ether oxygens (including phenoxy) is 2. The van der Waals surface area contributed by atoms with Gasteiger partial charge in [0.2, 0.25) is 0 Å². The van der Waals surface area contributed by atoms with Crippen LogP contribution in [0, 0.1) is 6.92 Å². The molecule has 0 aliphatic heterocycles. The summed E-state index contributed by atoms with van der Waals surface area (Å²) in [6, 6.07) is 15.3. The Morgan fingerprint density at radius 2 is 1.74 bits per heavy atom. The van der Waals surface area contributed by atoms with Crippen molar-refractivity contribution >= 4 is 15.7 Å². The van der Waals surface area contributed by atoms with Gasteiger partial charge in [-0.2, -0.15) is 0 Å². The van der Waals surface area contributed by atoms with E-state index in [1.54, 1.807) is 45.4 Å². The third-order valence-electron chi connectivity index (χ3n) is 4.79. The van der Waals surface area contributed by atoms with Gasteiger partial charge in [0, 0.05) is 6.54 Å². The number of benzene rings is 2. The number of amides is 1. The molecule has 1 aromatic heterocycles. The molecule has 2 aromatic carbocycles. The normalized spacial score (nSPS) is 11.2. The number of rotatable bonds is 9. The molecular weight excluding hydrogens is 418 g/mol. The molecule has 0 atom stereocenters. The number of methoxy groups -OCH3 is 2. The molecule has 0 aliphatic carbocycles. The van der Waals surface area contributed by atoms with E-state index in [4.69, 9.17) is 13.9 Å². The molecular formula is C23H25NO6S. The predicted molar refractivity (Wildman–Crippen MR) is 116 cm³/mol. The third-order valence-corrected chi connectivity index (χ3v) is 6.59. The highest BCUT2D eigenvalue weighted by atomic mass is 32.2. The number of carbonyl (C=O) groups excluding carboxylic acids is 1. The molecule has 3 rings (SSSR count). The van der Waals surface area contributed by atoms with E-state index in [1.165, 1.54) is 12.1 Å². The molecule has 0 saturated carbocycles. The Morgan fingerprint density at radius 3 is 2.45 bits per heavy atom. The molecule has 0 saturated heterocycles. The highest BCUT2D eigenvalue weighted by Gasteiger charge is 2.20. The van der Waals surface area contributed by atoms with Crippen LogP contribution in [-0.4, -0.2) is 35.1 Å².